The maximum absolute atomic E-state index is 12.3. The summed E-state index contributed by atoms with van der Waals surface area (Å²) in [5.74, 6) is 0.650. The Morgan fingerprint density at radius 2 is 2.10 bits per heavy atom. The minimum atomic E-state index is -0.190. The minimum Gasteiger partial charge on any atom is -0.493 e. The molecule has 8 heteroatoms. The van der Waals surface area contributed by atoms with Crippen LogP contribution >= 0.6 is 11.8 Å². The van der Waals surface area contributed by atoms with Crippen molar-refractivity contribution in [3.63, 3.8) is 0 Å². The monoisotopic (exact) mass is 417 g/mol. The van der Waals surface area contributed by atoms with E-state index in [1.807, 2.05) is 13.0 Å². The number of ether oxygens (including phenoxy) is 2. The number of nitrogens with zero attached hydrogens (tertiary/aromatic N) is 1. The van der Waals surface area contributed by atoms with Crippen molar-refractivity contribution < 1.29 is 19.1 Å². The number of nitrogens with one attached hydrogen (secondary N) is 2. The summed E-state index contributed by atoms with van der Waals surface area (Å²) in [4.78, 5) is 29.2. The second-order valence-electron chi connectivity index (χ2n) is 6.94. The lowest BCUT2D eigenvalue weighted by atomic mass is 9.96. The number of amides is 2. The van der Waals surface area contributed by atoms with Crippen molar-refractivity contribution >= 4 is 34.8 Å². The van der Waals surface area contributed by atoms with Crippen molar-refractivity contribution in [2.75, 3.05) is 20.3 Å². The van der Waals surface area contributed by atoms with Gasteiger partial charge in [-0.05, 0) is 55.3 Å². The van der Waals surface area contributed by atoms with Gasteiger partial charge < -0.3 is 20.1 Å². The van der Waals surface area contributed by atoms with Gasteiger partial charge in [-0.15, -0.1) is 0 Å². The fraction of sp³-hybridized carbons (Fsp3) is 0.476. The number of hydrogen-bond acceptors (Lipinski definition) is 6. The van der Waals surface area contributed by atoms with Gasteiger partial charge in [-0.2, -0.15) is 0 Å². The summed E-state index contributed by atoms with van der Waals surface area (Å²) in [5.41, 5.74) is 0.809. The molecule has 29 heavy (non-hydrogen) atoms. The SMILES string of the molecule is CCNC(=O)COc1ccc(/C=C2/SC(=NC3CCCCC3)NC2=O)cc1OC. The van der Waals surface area contributed by atoms with E-state index in [0.717, 1.165) is 18.4 Å². The molecule has 2 amide bonds. The highest BCUT2D eigenvalue weighted by atomic mass is 32.2. The van der Waals surface area contributed by atoms with Gasteiger partial charge in [-0.3, -0.25) is 14.6 Å². The molecular weight excluding hydrogens is 390 g/mol. The molecule has 1 saturated carbocycles. The standard InChI is InChI=1S/C21H27N3O4S/c1-3-22-19(25)13-28-16-10-9-14(11-17(16)27-2)12-18-20(26)24-21(29-18)23-15-7-5-4-6-8-15/h9-12,15H,3-8,13H2,1-2H3,(H,22,25)(H,23,24,26)/b18-12+. The second-order valence-corrected chi connectivity index (χ2v) is 7.97. The highest BCUT2D eigenvalue weighted by Gasteiger charge is 2.25. The number of methoxy groups -OCH3 is 1. The van der Waals surface area contributed by atoms with E-state index >= 15 is 0 Å². The van der Waals surface area contributed by atoms with Crippen LogP contribution in [0.4, 0.5) is 0 Å². The lowest BCUT2D eigenvalue weighted by Gasteiger charge is -2.17. The highest BCUT2D eigenvalue weighted by molar-refractivity contribution is 8.18. The summed E-state index contributed by atoms with van der Waals surface area (Å²) in [6.07, 6.45) is 7.67. The molecule has 1 aliphatic heterocycles. The Labute approximate surface area is 175 Å². The predicted molar refractivity (Wildman–Crippen MR) is 115 cm³/mol. The largest absolute Gasteiger partial charge is 0.493 e. The Bertz CT molecular complexity index is 816. The molecule has 0 radical (unpaired) electrons. The van der Waals surface area contributed by atoms with Crippen molar-refractivity contribution in [2.24, 2.45) is 4.99 Å². The summed E-state index contributed by atoms with van der Waals surface area (Å²) < 4.78 is 10.9. The zero-order valence-corrected chi connectivity index (χ0v) is 17.6. The molecule has 1 aromatic carbocycles. The van der Waals surface area contributed by atoms with E-state index in [4.69, 9.17) is 14.5 Å². The number of amidine groups is 1. The van der Waals surface area contributed by atoms with Crippen molar-refractivity contribution in [3.8, 4) is 11.5 Å². The highest BCUT2D eigenvalue weighted by Crippen LogP contribution is 2.32. The quantitative estimate of drug-likeness (QED) is 0.666. The number of rotatable bonds is 7. The Morgan fingerprint density at radius 1 is 1.31 bits per heavy atom. The van der Waals surface area contributed by atoms with Crippen LogP contribution in [-0.2, 0) is 9.59 Å². The van der Waals surface area contributed by atoms with E-state index in [9.17, 15) is 9.59 Å². The van der Waals surface area contributed by atoms with Gasteiger partial charge in [0.2, 0.25) is 0 Å². The van der Waals surface area contributed by atoms with Crippen LogP contribution in [0.15, 0.2) is 28.1 Å². The molecule has 0 spiro atoms. The van der Waals surface area contributed by atoms with Crippen LogP contribution in [-0.4, -0.2) is 43.3 Å². The number of aliphatic imine (C=N–C) groups is 1. The number of benzene rings is 1. The molecule has 156 valence electrons. The first-order valence-electron chi connectivity index (χ1n) is 9.95. The van der Waals surface area contributed by atoms with E-state index in [1.165, 1.54) is 38.1 Å². The summed E-state index contributed by atoms with van der Waals surface area (Å²) >= 11 is 1.37. The van der Waals surface area contributed by atoms with Gasteiger partial charge in [-0.1, -0.05) is 25.3 Å². The minimum absolute atomic E-state index is 0.0795. The van der Waals surface area contributed by atoms with E-state index < -0.39 is 0 Å². The molecule has 0 bridgehead atoms. The fourth-order valence-electron chi connectivity index (χ4n) is 3.30. The number of hydrogen-bond donors (Lipinski definition) is 2. The lowest BCUT2D eigenvalue weighted by Crippen LogP contribution is -2.28. The maximum atomic E-state index is 12.3. The number of thioether (sulfide) groups is 1. The van der Waals surface area contributed by atoms with E-state index in [1.54, 1.807) is 18.2 Å². The van der Waals surface area contributed by atoms with Crippen LogP contribution in [0.25, 0.3) is 6.08 Å². The van der Waals surface area contributed by atoms with Crippen LogP contribution in [0.3, 0.4) is 0 Å². The maximum Gasteiger partial charge on any atom is 0.264 e. The first-order valence-corrected chi connectivity index (χ1v) is 10.8. The molecule has 1 aliphatic carbocycles. The average molecular weight is 418 g/mol. The Balaban J connectivity index is 1.68. The van der Waals surface area contributed by atoms with E-state index in [-0.39, 0.29) is 18.4 Å². The smallest absolute Gasteiger partial charge is 0.264 e. The van der Waals surface area contributed by atoms with Gasteiger partial charge >= 0.3 is 0 Å². The molecule has 2 aliphatic rings. The topological polar surface area (TPSA) is 89.0 Å². The zero-order chi connectivity index (χ0) is 20.6. The van der Waals surface area contributed by atoms with Crippen LogP contribution in [0, 0.1) is 0 Å². The fourth-order valence-corrected chi connectivity index (χ4v) is 4.19. The molecule has 0 atom stereocenters. The Hall–Kier alpha value is -2.48. The lowest BCUT2D eigenvalue weighted by molar-refractivity contribution is -0.123. The molecule has 1 heterocycles. The molecule has 0 unspecified atom stereocenters. The van der Waals surface area contributed by atoms with Gasteiger partial charge in [0.1, 0.15) is 0 Å². The Morgan fingerprint density at radius 3 is 2.83 bits per heavy atom. The van der Waals surface area contributed by atoms with Crippen molar-refractivity contribution in [3.05, 3.63) is 28.7 Å². The summed E-state index contributed by atoms with van der Waals surface area (Å²) in [5, 5.41) is 6.22. The second kappa shape index (κ2) is 10.3. The van der Waals surface area contributed by atoms with Gasteiger partial charge in [0.25, 0.3) is 11.8 Å². The molecule has 1 saturated heterocycles. The first kappa shape index (κ1) is 21.2. The van der Waals surface area contributed by atoms with Crippen molar-refractivity contribution in [2.45, 2.75) is 45.1 Å². The third-order valence-corrected chi connectivity index (χ3v) is 5.67. The number of carbonyl (C=O) groups is 2. The average Bonchev–Trinajstić information content (AvgIpc) is 3.06. The van der Waals surface area contributed by atoms with Crippen LogP contribution in [0.2, 0.25) is 0 Å². The molecule has 2 fully saturated rings. The van der Waals surface area contributed by atoms with Crippen LogP contribution in [0.1, 0.15) is 44.6 Å². The summed E-state index contributed by atoms with van der Waals surface area (Å²) in [7, 11) is 1.54. The molecule has 7 nitrogen and oxygen atoms in total. The summed E-state index contributed by atoms with van der Waals surface area (Å²) in [6, 6.07) is 5.66. The normalized spacial score (nSPS) is 20.0. The van der Waals surface area contributed by atoms with E-state index in [2.05, 4.69) is 10.6 Å². The zero-order valence-electron chi connectivity index (χ0n) is 16.8. The van der Waals surface area contributed by atoms with Crippen molar-refractivity contribution in [1.82, 2.24) is 10.6 Å². The van der Waals surface area contributed by atoms with Crippen molar-refractivity contribution in [1.29, 1.82) is 0 Å². The van der Waals surface area contributed by atoms with Gasteiger partial charge in [0.05, 0.1) is 18.1 Å². The summed E-state index contributed by atoms with van der Waals surface area (Å²) in [6.45, 7) is 2.32. The molecular formula is C21H27N3O4S. The third-order valence-electron chi connectivity index (χ3n) is 4.74. The molecule has 2 N–H and O–H groups in total. The molecule has 1 aromatic rings. The van der Waals surface area contributed by atoms with E-state index in [0.29, 0.717) is 34.2 Å². The predicted octanol–water partition coefficient (Wildman–Crippen LogP) is 3.10. The van der Waals surface area contributed by atoms with Crippen LogP contribution < -0.4 is 20.1 Å². The number of likely N-dealkylation sites (N-methyl/N-ethyl adjacent to an activating group) is 1. The van der Waals surface area contributed by atoms with Gasteiger partial charge in [-0.25, -0.2) is 0 Å². The molecule has 0 aromatic heterocycles. The van der Waals surface area contributed by atoms with Gasteiger partial charge in [0.15, 0.2) is 23.3 Å². The van der Waals surface area contributed by atoms with Gasteiger partial charge in [0, 0.05) is 6.54 Å². The first-order chi connectivity index (χ1) is 14.1. The third kappa shape index (κ3) is 6.00. The Kier molecular flexibility index (Phi) is 7.57. The molecule has 3 rings (SSSR count). The number of carbonyl (C=O) groups excluding carboxylic acids is 2. The van der Waals surface area contributed by atoms with Crippen LogP contribution in [0.5, 0.6) is 11.5 Å².